The number of aromatic amines is 1. The molecule has 0 spiro atoms. The first-order valence-corrected chi connectivity index (χ1v) is 8.56. The van der Waals surface area contributed by atoms with E-state index in [1.807, 2.05) is 18.2 Å². The lowest BCUT2D eigenvalue weighted by molar-refractivity contribution is -0.140. The number of piperazine rings is 1. The summed E-state index contributed by atoms with van der Waals surface area (Å²) in [7, 11) is 0. The highest BCUT2D eigenvalue weighted by molar-refractivity contribution is 6.30. The third kappa shape index (κ3) is 4.14. The predicted octanol–water partition coefficient (Wildman–Crippen LogP) is 2.56. The molecule has 1 atom stereocenters. The zero-order chi connectivity index (χ0) is 17.8. The van der Waals surface area contributed by atoms with E-state index in [2.05, 4.69) is 22.0 Å². The van der Waals surface area contributed by atoms with E-state index in [9.17, 15) is 9.59 Å². The van der Waals surface area contributed by atoms with Crippen molar-refractivity contribution in [1.82, 2.24) is 9.88 Å². The van der Waals surface area contributed by atoms with Crippen LogP contribution in [0.25, 0.3) is 0 Å². The molecule has 1 aliphatic rings. The average Bonchev–Trinajstić information content (AvgIpc) is 3.08. The van der Waals surface area contributed by atoms with Gasteiger partial charge in [0.1, 0.15) is 5.69 Å². The molecule has 0 radical (unpaired) electrons. The molecule has 132 valence electrons. The zero-order valence-corrected chi connectivity index (χ0v) is 14.7. The van der Waals surface area contributed by atoms with Gasteiger partial charge in [0.25, 0.3) is 5.91 Å². The number of ether oxygens (including phenoxy) is 1. The minimum Gasteiger partial charge on any atom is -0.448 e. The molecule has 2 heterocycles. The fourth-order valence-electron chi connectivity index (χ4n) is 2.84. The lowest BCUT2D eigenvalue weighted by Crippen LogP contribution is -2.51. The summed E-state index contributed by atoms with van der Waals surface area (Å²) in [6, 6.07) is 11.6. The minimum absolute atomic E-state index is 0.182. The normalized spacial score (nSPS) is 15.8. The highest BCUT2D eigenvalue weighted by Gasteiger charge is 2.27. The number of aromatic nitrogens is 1. The summed E-state index contributed by atoms with van der Waals surface area (Å²) >= 11 is 5.77. The van der Waals surface area contributed by atoms with E-state index in [0.29, 0.717) is 18.1 Å². The molecule has 1 aromatic carbocycles. The Hall–Kier alpha value is -2.47. The number of amides is 1. The number of esters is 1. The number of benzene rings is 1. The summed E-state index contributed by atoms with van der Waals surface area (Å²) in [5.74, 6) is -0.769. The Morgan fingerprint density at radius 1 is 1.16 bits per heavy atom. The summed E-state index contributed by atoms with van der Waals surface area (Å²) in [5.41, 5.74) is 1.39. The Labute approximate surface area is 151 Å². The largest absolute Gasteiger partial charge is 0.448 e. The summed E-state index contributed by atoms with van der Waals surface area (Å²) < 4.78 is 5.24. The highest BCUT2D eigenvalue weighted by atomic mass is 35.5. The second-order valence-corrected chi connectivity index (χ2v) is 6.36. The first-order valence-electron chi connectivity index (χ1n) is 8.18. The van der Waals surface area contributed by atoms with E-state index < -0.39 is 12.1 Å². The number of nitrogens with one attached hydrogen (secondary N) is 1. The Morgan fingerprint density at radius 3 is 2.44 bits per heavy atom. The second kappa shape index (κ2) is 7.61. The van der Waals surface area contributed by atoms with E-state index in [4.69, 9.17) is 16.3 Å². The van der Waals surface area contributed by atoms with Crippen LogP contribution in [0.3, 0.4) is 0 Å². The van der Waals surface area contributed by atoms with Gasteiger partial charge in [-0.05, 0) is 25.1 Å². The lowest BCUT2D eigenvalue weighted by atomic mass is 10.2. The van der Waals surface area contributed by atoms with Gasteiger partial charge in [0, 0.05) is 38.1 Å². The van der Waals surface area contributed by atoms with Crippen LogP contribution in [0.2, 0.25) is 5.02 Å². The molecule has 1 saturated heterocycles. The number of hydrogen-bond donors (Lipinski definition) is 1. The van der Waals surface area contributed by atoms with E-state index >= 15 is 0 Å². The van der Waals surface area contributed by atoms with Crippen LogP contribution in [-0.4, -0.2) is 54.0 Å². The van der Waals surface area contributed by atoms with Gasteiger partial charge in [-0.15, -0.1) is 0 Å². The van der Waals surface area contributed by atoms with Crippen molar-refractivity contribution >= 4 is 29.2 Å². The monoisotopic (exact) mass is 361 g/mol. The Bertz CT molecular complexity index is 739. The van der Waals surface area contributed by atoms with Crippen molar-refractivity contribution in [3.05, 3.63) is 53.3 Å². The van der Waals surface area contributed by atoms with Gasteiger partial charge in [-0.2, -0.15) is 0 Å². The van der Waals surface area contributed by atoms with Crippen LogP contribution in [0.1, 0.15) is 17.4 Å². The number of para-hydroxylation sites is 1. The van der Waals surface area contributed by atoms with Crippen LogP contribution in [0.4, 0.5) is 5.69 Å². The number of hydrogen-bond acceptors (Lipinski definition) is 4. The summed E-state index contributed by atoms with van der Waals surface area (Å²) in [5, 5.41) is 0.419. The van der Waals surface area contributed by atoms with Gasteiger partial charge in [0.2, 0.25) is 0 Å². The molecule has 7 heteroatoms. The number of rotatable bonds is 4. The van der Waals surface area contributed by atoms with E-state index in [1.165, 1.54) is 12.3 Å². The molecule has 1 aromatic heterocycles. The minimum atomic E-state index is -0.835. The number of nitrogens with zero attached hydrogens (tertiary/aromatic N) is 2. The van der Waals surface area contributed by atoms with Gasteiger partial charge in [-0.1, -0.05) is 29.8 Å². The zero-order valence-electron chi connectivity index (χ0n) is 13.9. The summed E-state index contributed by atoms with van der Waals surface area (Å²) in [4.78, 5) is 31.2. The van der Waals surface area contributed by atoms with Gasteiger partial charge in [0.05, 0.1) is 5.02 Å². The van der Waals surface area contributed by atoms with E-state index in [-0.39, 0.29) is 11.6 Å². The van der Waals surface area contributed by atoms with Crippen LogP contribution in [-0.2, 0) is 9.53 Å². The van der Waals surface area contributed by atoms with Crippen LogP contribution >= 0.6 is 11.6 Å². The van der Waals surface area contributed by atoms with Crippen LogP contribution in [0.15, 0.2) is 42.6 Å². The van der Waals surface area contributed by atoms with Crippen LogP contribution < -0.4 is 4.90 Å². The van der Waals surface area contributed by atoms with Gasteiger partial charge in [-0.25, -0.2) is 4.79 Å². The van der Waals surface area contributed by atoms with E-state index in [0.717, 1.165) is 18.8 Å². The van der Waals surface area contributed by atoms with Crippen molar-refractivity contribution in [2.75, 3.05) is 31.1 Å². The van der Waals surface area contributed by atoms with Crippen LogP contribution in [0, 0.1) is 0 Å². The average molecular weight is 362 g/mol. The summed E-state index contributed by atoms with van der Waals surface area (Å²) in [6.45, 7) is 4.30. The smallest absolute Gasteiger partial charge is 0.355 e. The fourth-order valence-corrected chi connectivity index (χ4v) is 3.00. The molecule has 0 aliphatic carbocycles. The predicted molar refractivity (Wildman–Crippen MR) is 95.9 cm³/mol. The van der Waals surface area contributed by atoms with Crippen LogP contribution in [0.5, 0.6) is 0 Å². The number of anilines is 1. The number of carbonyl (C=O) groups is 2. The Kier molecular flexibility index (Phi) is 5.28. The van der Waals surface area contributed by atoms with Gasteiger partial charge in [-0.3, -0.25) is 4.79 Å². The maximum Gasteiger partial charge on any atom is 0.355 e. The molecule has 0 bridgehead atoms. The third-order valence-electron chi connectivity index (χ3n) is 4.21. The van der Waals surface area contributed by atoms with Gasteiger partial charge >= 0.3 is 5.97 Å². The molecule has 1 N–H and O–H groups in total. The standard InChI is InChI=1S/C18H20ClN3O3/c1-13(25-18(24)16-11-14(19)12-20-16)17(23)22-9-7-21(8-10-22)15-5-3-2-4-6-15/h2-6,11-13,20H,7-10H2,1H3/t13-/m1/s1. The molecule has 1 aliphatic heterocycles. The molecule has 0 unspecified atom stereocenters. The maximum absolute atomic E-state index is 12.5. The topological polar surface area (TPSA) is 65.6 Å². The third-order valence-corrected chi connectivity index (χ3v) is 4.43. The molecule has 3 rings (SSSR count). The Balaban J connectivity index is 1.52. The summed E-state index contributed by atoms with van der Waals surface area (Å²) in [6.07, 6.45) is 0.658. The molecular formula is C18H20ClN3O3. The molecule has 2 aromatic rings. The molecule has 6 nitrogen and oxygen atoms in total. The van der Waals surface area contributed by atoms with Crippen molar-refractivity contribution in [2.45, 2.75) is 13.0 Å². The van der Waals surface area contributed by atoms with E-state index in [1.54, 1.807) is 11.8 Å². The van der Waals surface area contributed by atoms with Gasteiger partial charge in [0.15, 0.2) is 6.10 Å². The second-order valence-electron chi connectivity index (χ2n) is 5.93. The van der Waals surface area contributed by atoms with Crippen molar-refractivity contribution in [2.24, 2.45) is 0 Å². The first kappa shape index (κ1) is 17.4. The maximum atomic E-state index is 12.5. The molecule has 1 amide bonds. The molecule has 25 heavy (non-hydrogen) atoms. The lowest BCUT2D eigenvalue weighted by Gasteiger charge is -2.37. The van der Waals surface area contributed by atoms with Crippen molar-refractivity contribution < 1.29 is 14.3 Å². The van der Waals surface area contributed by atoms with Crippen molar-refractivity contribution in [3.63, 3.8) is 0 Å². The molecular weight excluding hydrogens is 342 g/mol. The first-order chi connectivity index (χ1) is 12.0. The molecule has 0 saturated carbocycles. The fraction of sp³-hybridized carbons (Fsp3) is 0.333. The number of carbonyl (C=O) groups excluding carboxylic acids is 2. The SMILES string of the molecule is C[C@@H](OC(=O)c1cc(Cl)c[nH]1)C(=O)N1CCN(c2ccccc2)CC1. The molecule has 1 fully saturated rings. The highest BCUT2D eigenvalue weighted by Crippen LogP contribution is 2.17. The van der Waals surface area contributed by atoms with Crippen molar-refractivity contribution in [3.8, 4) is 0 Å². The number of H-pyrrole nitrogens is 1. The Morgan fingerprint density at radius 2 is 1.84 bits per heavy atom. The van der Waals surface area contributed by atoms with Gasteiger partial charge < -0.3 is 19.5 Å². The quantitative estimate of drug-likeness (QED) is 0.850. The van der Waals surface area contributed by atoms with Crippen molar-refractivity contribution in [1.29, 1.82) is 0 Å². The number of halogens is 1.